The van der Waals surface area contributed by atoms with Crippen LogP contribution >= 0.6 is 0 Å². The van der Waals surface area contributed by atoms with Crippen LogP contribution in [0.1, 0.15) is 51.8 Å². The van der Waals surface area contributed by atoms with E-state index in [-0.39, 0.29) is 18.4 Å². The fourth-order valence-corrected chi connectivity index (χ4v) is 3.34. The summed E-state index contributed by atoms with van der Waals surface area (Å²) >= 11 is 0. The van der Waals surface area contributed by atoms with Gasteiger partial charge < -0.3 is 10.4 Å². The van der Waals surface area contributed by atoms with Gasteiger partial charge in [0.1, 0.15) is 0 Å². The zero-order chi connectivity index (χ0) is 20.8. The Hall–Kier alpha value is -3.41. The molecule has 0 fully saturated rings. The first-order chi connectivity index (χ1) is 13.9. The summed E-state index contributed by atoms with van der Waals surface area (Å²) in [6.07, 6.45) is 0.314. The molecule has 0 aliphatic rings. The molecule has 0 aliphatic heterocycles. The van der Waals surface area contributed by atoms with Crippen LogP contribution in [0.25, 0.3) is 0 Å². The summed E-state index contributed by atoms with van der Waals surface area (Å²) in [7, 11) is 0. The molecule has 0 saturated carbocycles. The Morgan fingerprint density at radius 2 is 1.83 bits per heavy atom. The maximum atomic E-state index is 12.9. The van der Waals surface area contributed by atoms with Crippen molar-refractivity contribution in [1.29, 1.82) is 0 Å². The number of aliphatic carboxylic acids is 1. The number of aryl methyl sites for hydroxylation is 2. The van der Waals surface area contributed by atoms with E-state index >= 15 is 0 Å². The number of benzene rings is 2. The molecule has 0 saturated heterocycles. The van der Waals surface area contributed by atoms with Crippen molar-refractivity contribution >= 4 is 11.9 Å². The van der Waals surface area contributed by atoms with Crippen LogP contribution in [0, 0.1) is 13.8 Å². The second-order valence-corrected chi connectivity index (χ2v) is 7.15. The molecule has 1 unspecified atom stereocenters. The topological polar surface area (TPSA) is 84.2 Å². The van der Waals surface area contributed by atoms with E-state index in [0.717, 1.165) is 22.5 Å². The summed E-state index contributed by atoms with van der Waals surface area (Å²) in [5.74, 6) is -1.11. The third-order valence-corrected chi connectivity index (χ3v) is 4.78. The summed E-state index contributed by atoms with van der Waals surface area (Å²) in [5.41, 5.74) is 4.43. The highest BCUT2D eigenvalue weighted by Crippen LogP contribution is 2.19. The predicted molar refractivity (Wildman–Crippen MR) is 111 cm³/mol. The number of rotatable bonds is 8. The first-order valence-corrected chi connectivity index (χ1v) is 9.60. The smallest absolute Gasteiger partial charge is 0.303 e. The number of hydrogen-bond acceptors (Lipinski definition) is 3. The van der Waals surface area contributed by atoms with Gasteiger partial charge in [-0.25, -0.2) is 0 Å². The minimum atomic E-state index is -0.882. The third-order valence-electron chi connectivity index (χ3n) is 4.78. The average Bonchev–Trinajstić information content (AvgIpc) is 3.02. The minimum Gasteiger partial charge on any atom is -0.481 e. The van der Waals surface area contributed by atoms with Crippen molar-refractivity contribution in [3.05, 3.63) is 88.7 Å². The lowest BCUT2D eigenvalue weighted by molar-refractivity contribution is -0.137. The van der Waals surface area contributed by atoms with E-state index in [1.54, 1.807) is 6.07 Å². The molecule has 0 bridgehead atoms. The summed E-state index contributed by atoms with van der Waals surface area (Å²) < 4.78 is 1.91. The molecule has 1 amide bonds. The third kappa shape index (κ3) is 5.54. The highest BCUT2D eigenvalue weighted by molar-refractivity contribution is 5.94. The molecular formula is C23H25N3O3. The Morgan fingerprint density at radius 3 is 2.48 bits per heavy atom. The molecule has 150 valence electrons. The van der Waals surface area contributed by atoms with Crippen LogP contribution in [0.2, 0.25) is 0 Å². The average molecular weight is 391 g/mol. The fraction of sp³-hybridized carbons (Fsp3) is 0.261. The number of nitrogens with one attached hydrogen (secondary N) is 1. The number of carboxylic acids is 1. The van der Waals surface area contributed by atoms with E-state index in [1.807, 2.05) is 73.1 Å². The van der Waals surface area contributed by atoms with Crippen LogP contribution in [0.5, 0.6) is 0 Å². The van der Waals surface area contributed by atoms with E-state index in [2.05, 4.69) is 10.4 Å². The van der Waals surface area contributed by atoms with Crippen LogP contribution in [0.3, 0.4) is 0 Å². The van der Waals surface area contributed by atoms with Crippen molar-refractivity contribution in [2.75, 3.05) is 0 Å². The summed E-state index contributed by atoms with van der Waals surface area (Å²) in [5, 5.41) is 16.5. The summed E-state index contributed by atoms with van der Waals surface area (Å²) in [4.78, 5) is 23.9. The molecule has 2 N–H and O–H groups in total. The zero-order valence-electron chi connectivity index (χ0n) is 16.6. The Morgan fingerprint density at radius 1 is 1.07 bits per heavy atom. The standard InChI is InChI=1S/C23H25N3O3/c1-16-13-17(2)26(25-16)15-18-7-6-10-20(14-18)23(29)24-21(11-12-22(27)28)19-8-4-3-5-9-19/h3-10,13-14,21H,11-12,15H2,1-2H3,(H,24,29)(H,27,28). The maximum absolute atomic E-state index is 12.9. The second-order valence-electron chi connectivity index (χ2n) is 7.15. The van der Waals surface area contributed by atoms with Crippen LogP contribution in [0.4, 0.5) is 0 Å². The lowest BCUT2D eigenvalue weighted by Gasteiger charge is -2.19. The molecule has 3 rings (SSSR count). The van der Waals surface area contributed by atoms with E-state index in [0.29, 0.717) is 18.5 Å². The molecule has 1 atom stereocenters. The van der Waals surface area contributed by atoms with Gasteiger partial charge in [-0.2, -0.15) is 5.10 Å². The molecule has 1 aromatic heterocycles. The molecule has 2 aromatic carbocycles. The van der Waals surface area contributed by atoms with Gasteiger partial charge in [-0.05, 0) is 49.6 Å². The Bertz CT molecular complexity index is 996. The number of nitrogens with zero attached hydrogens (tertiary/aromatic N) is 2. The molecule has 3 aromatic rings. The molecule has 0 spiro atoms. The zero-order valence-corrected chi connectivity index (χ0v) is 16.6. The van der Waals surface area contributed by atoms with E-state index in [4.69, 9.17) is 5.11 Å². The fourth-order valence-electron chi connectivity index (χ4n) is 3.34. The van der Waals surface area contributed by atoms with Crippen LogP contribution in [-0.4, -0.2) is 26.8 Å². The van der Waals surface area contributed by atoms with Gasteiger partial charge in [-0.3, -0.25) is 14.3 Å². The SMILES string of the molecule is Cc1cc(C)n(Cc2cccc(C(=O)NC(CCC(=O)O)c3ccccc3)c2)n1. The molecule has 1 heterocycles. The Labute approximate surface area is 170 Å². The van der Waals surface area contributed by atoms with Gasteiger partial charge in [0.25, 0.3) is 5.91 Å². The summed E-state index contributed by atoms with van der Waals surface area (Å²) in [6, 6.07) is 18.5. The monoisotopic (exact) mass is 391 g/mol. The first-order valence-electron chi connectivity index (χ1n) is 9.60. The van der Waals surface area contributed by atoms with Crippen LogP contribution in [-0.2, 0) is 11.3 Å². The van der Waals surface area contributed by atoms with Crippen molar-refractivity contribution in [3.63, 3.8) is 0 Å². The van der Waals surface area contributed by atoms with Gasteiger partial charge in [0, 0.05) is 17.7 Å². The van der Waals surface area contributed by atoms with Crippen molar-refractivity contribution in [3.8, 4) is 0 Å². The number of carbonyl (C=O) groups excluding carboxylic acids is 1. The van der Waals surface area contributed by atoms with Gasteiger partial charge in [0.05, 0.1) is 18.3 Å². The van der Waals surface area contributed by atoms with E-state index in [1.165, 1.54) is 0 Å². The van der Waals surface area contributed by atoms with Gasteiger partial charge in [-0.15, -0.1) is 0 Å². The van der Waals surface area contributed by atoms with Crippen molar-refractivity contribution < 1.29 is 14.7 Å². The first kappa shape index (κ1) is 20.3. The lowest BCUT2D eigenvalue weighted by Crippen LogP contribution is -2.29. The lowest BCUT2D eigenvalue weighted by atomic mass is 10.0. The van der Waals surface area contributed by atoms with Gasteiger partial charge in [0.15, 0.2) is 0 Å². The van der Waals surface area contributed by atoms with Gasteiger partial charge in [-0.1, -0.05) is 42.5 Å². The number of aromatic nitrogens is 2. The quantitative estimate of drug-likeness (QED) is 0.610. The predicted octanol–water partition coefficient (Wildman–Crippen LogP) is 3.88. The Kier molecular flexibility index (Phi) is 6.44. The molecule has 6 heteroatoms. The van der Waals surface area contributed by atoms with Crippen molar-refractivity contribution in [2.24, 2.45) is 0 Å². The van der Waals surface area contributed by atoms with Crippen LogP contribution in [0.15, 0.2) is 60.7 Å². The largest absolute Gasteiger partial charge is 0.481 e. The van der Waals surface area contributed by atoms with E-state index < -0.39 is 5.97 Å². The minimum absolute atomic E-state index is 0.0161. The highest BCUT2D eigenvalue weighted by atomic mass is 16.4. The Balaban J connectivity index is 1.75. The molecular weight excluding hydrogens is 366 g/mol. The van der Waals surface area contributed by atoms with Crippen molar-refractivity contribution in [2.45, 2.75) is 39.3 Å². The highest BCUT2D eigenvalue weighted by Gasteiger charge is 2.17. The maximum Gasteiger partial charge on any atom is 0.303 e. The second kappa shape index (κ2) is 9.19. The van der Waals surface area contributed by atoms with Gasteiger partial charge >= 0.3 is 5.97 Å². The molecule has 29 heavy (non-hydrogen) atoms. The number of amides is 1. The van der Waals surface area contributed by atoms with E-state index in [9.17, 15) is 9.59 Å². The van der Waals surface area contributed by atoms with Crippen LogP contribution < -0.4 is 5.32 Å². The molecule has 0 radical (unpaired) electrons. The number of carboxylic acid groups (broad SMARTS) is 1. The van der Waals surface area contributed by atoms with Crippen molar-refractivity contribution in [1.82, 2.24) is 15.1 Å². The summed E-state index contributed by atoms with van der Waals surface area (Å²) in [6.45, 7) is 4.54. The molecule has 6 nitrogen and oxygen atoms in total. The number of carbonyl (C=O) groups is 2. The van der Waals surface area contributed by atoms with Gasteiger partial charge in [0.2, 0.25) is 0 Å². The molecule has 0 aliphatic carbocycles. The number of hydrogen-bond donors (Lipinski definition) is 2. The normalized spacial score (nSPS) is 11.8.